The standard InChI is InChI=1S/C16H11BrN2OS2/c17-14-13(10-6-2-1-3-7-10)18-16(22-14)19-15(20)11-8-4-5-9-12(11)21/h1-9,21H,(H,18,19,20). The van der Waals surface area contributed by atoms with Gasteiger partial charge in [0.25, 0.3) is 5.91 Å². The monoisotopic (exact) mass is 390 g/mol. The molecule has 1 amide bonds. The highest BCUT2D eigenvalue weighted by Crippen LogP contribution is 2.35. The smallest absolute Gasteiger partial charge is 0.258 e. The quantitative estimate of drug-likeness (QED) is 0.609. The van der Waals surface area contributed by atoms with E-state index in [0.717, 1.165) is 15.0 Å². The molecule has 3 nitrogen and oxygen atoms in total. The van der Waals surface area contributed by atoms with Crippen LogP contribution < -0.4 is 5.32 Å². The Bertz CT molecular complexity index is 818. The van der Waals surface area contributed by atoms with Gasteiger partial charge in [-0.05, 0) is 28.1 Å². The van der Waals surface area contributed by atoms with E-state index < -0.39 is 0 Å². The first-order valence-corrected chi connectivity index (χ1v) is 8.52. The number of thiol groups is 1. The van der Waals surface area contributed by atoms with Gasteiger partial charge in [-0.1, -0.05) is 53.8 Å². The molecule has 0 aliphatic rings. The number of halogens is 1. The minimum atomic E-state index is -0.216. The predicted octanol–water partition coefficient (Wildman–Crippen LogP) is 5.11. The van der Waals surface area contributed by atoms with Gasteiger partial charge >= 0.3 is 0 Å². The van der Waals surface area contributed by atoms with Crippen LogP contribution >= 0.6 is 39.9 Å². The highest BCUT2D eigenvalue weighted by atomic mass is 79.9. The lowest BCUT2D eigenvalue weighted by Crippen LogP contribution is -2.12. The van der Waals surface area contributed by atoms with Gasteiger partial charge in [0.1, 0.15) is 0 Å². The Morgan fingerprint density at radius 3 is 2.50 bits per heavy atom. The Labute approximate surface area is 146 Å². The van der Waals surface area contributed by atoms with Gasteiger partial charge in [-0.15, -0.1) is 12.6 Å². The molecule has 0 unspecified atom stereocenters. The summed E-state index contributed by atoms with van der Waals surface area (Å²) in [7, 11) is 0. The van der Waals surface area contributed by atoms with Gasteiger partial charge in [-0.3, -0.25) is 10.1 Å². The molecule has 0 saturated carbocycles. The Hall–Kier alpha value is -1.63. The van der Waals surface area contributed by atoms with Crippen LogP contribution in [0.25, 0.3) is 11.3 Å². The maximum atomic E-state index is 12.3. The first-order valence-electron chi connectivity index (χ1n) is 6.46. The van der Waals surface area contributed by atoms with Crippen molar-refractivity contribution < 1.29 is 4.79 Å². The lowest BCUT2D eigenvalue weighted by Gasteiger charge is -2.03. The number of benzene rings is 2. The van der Waals surface area contributed by atoms with Crippen LogP contribution in [0.5, 0.6) is 0 Å². The molecule has 0 aliphatic carbocycles. The van der Waals surface area contributed by atoms with Crippen LogP contribution in [0, 0.1) is 0 Å². The molecule has 0 spiro atoms. The largest absolute Gasteiger partial charge is 0.298 e. The maximum Gasteiger partial charge on any atom is 0.258 e. The zero-order valence-electron chi connectivity index (χ0n) is 11.3. The summed E-state index contributed by atoms with van der Waals surface area (Å²) in [6.07, 6.45) is 0. The summed E-state index contributed by atoms with van der Waals surface area (Å²) in [4.78, 5) is 17.4. The summed E-state index contributed by atoms with van der Waals surface area (Å²) >= 11 is 9.19. The molecular formula is C16H11BrN2OS2. The van der Waals surface area contributed by atoms with Crippen molar-refractivity contribution >= 4 is 50.9 Å². The van der Waals surface area contributed by atoms with Gasteiger partial charge in [0.2, 0.25) is 0 Å². The second-order valence-electron chi connectivity index (χ2n) is 4.48. The molecule has 0 aliphatic heterocycles. The minimum absolute atomic E-state index is 0.216. The molecule has 3 aromatic rings. The second-order valence-corrected chi connectivity index (χ2v) is 7.28. The van der Waals surface area contributed by atoms with Gasteiger partial charge < -0.3 is 0 Å². The van der Waals surface area contributed by atoms with Gasteiger partial charge in [0, 0.05) is 10.5 Å². The van der Waals surface area contributed by atoms with Crippen molar-refractivity contribution in [2.24, 2.45) is 0 Å². The lowest BCUT2D eigenvalue weighted by atomic mass is 10.2. The Balaban J connectivity index is 1.86. The fourth-order valence-electron chi connectivity index (χ4n) is 1.96. The summed E-state index contributed by atoms with van der Waals surface area (Å²) in [6, 6.07) is 17.0. The van der Waals surface area contributed by atoms with Gasteiger partial charge in [0.05, 0.1) is 15.0 Å². The van der Waals surface area contributed by atoms with Crippen molar-refractivity contribution in [2.75, 3.05) is 5.32 Å². The molecule has 1 heterocycles. The molecule has 0 bridgehead atoms. The van der Waals surface area contributed by atoms with E-state index in [1.165, 1.54) is 11.3 Å². The minimum Gasteiger partial charge on any atom is -0.298 e. The second kappa shape index (κ2) is 6.64. The average Bonchev–Trinajstić information content (AvgIpc) is 2.89. The molecule has 6 heteroatoms. The third-order valence-electron chi connectivity index (χ3n) is 3.00. The van der Waals surface area contributed by atoms with Crippen LogP contribution in [-0.2, 0) is 0 Å². The number of hydrogen-bond acceptors (Lipinski definition) is 4. The predicted molar refractivity (Wildman–Crippen MR) is 96.9 cm³/mol. The topological polar surface area (TPSA) is 42.0 Å². The molecule has 22 heavy (non-hydrogen) atoms. The molecule has 1 N–H and O–H groups in total. The fraction of sp³-hybridized carbons (Fsp3) is 0. The van der Waals surface area contributed by atoms with Gasteiger partial charge in [-0.25, -0.2) is 4.98 Å². The Kier molecular flexibility index (Phi) is 4.61. The number of carbonyl (C=O) groups is 1. The van der Waals surface area contributed by atoms with Crippen molar-refractivity contribution in [2.45, 2.75) is 4.90 Å². The maximum absolute atomic E-state index is 12.3. The van der Waals surface area contributed by atoms with Gasteiger partial charge in [0.15, 0.2) is 5.13 Å². The number of amides is 1. The summed E-state index contributed by atoms with van der Waals surface area (Å²) in [5.74, 6) is -0.216. The van der Waals surface area contributed by atoms with Crippen molar-refractivity contribution in [1.82, 2.24) is 4.98 Å². The van der Waals surface area contributed by atoms with Crippen LogP contribution in [0.15, 0.2) is 63.3 Å². The van der Waals surface area contributed by atoms with Crippen LogP contribution in [0.3, 0.4) is 0 Å². The SMILES string of the molecule is O=C(Nc1nc(-c2ccccc2)c(Br)s1)c1ccccc1S. The number of carbonyl (C=O) groups excluding carboxylic acids is 1. The van der Waals surface area contributed by atoms with Gasteiger partial charge in [-0.2, -0.15) is 0 Å². The van der Waals surface area contributed by atoms with E-state index in [-0.39, 0.29) is 5.91 Å². The number of aromatic nitrogens is 1. The number of thiazole rings is 1. The summed E-state index contributed by atoms with van der Waals surface area (Å²) < 4.78 is 0.883. The number of hydrogen-bond donors (Lipinski definition) is 2. The van der Waals surface area contributed by atoms with Crippen LogP contribution in [0.4, 0.5) is 5.13 Å². The first kappa shape index (κ1) is 15.3. The zero-order chi connectivity index (χ0) is 15.5. The van der Waals surface area contributed by atoms with E-state index in [4.69, 9.17) is 0 Å². The molecule has 110 valence electrons. The van der Waals surface area contributed by atoms with E-state index in [9.17, 15) is 4.79 Å². The molecule has 0 fully saturated rings. The van der Waals surface area contributed by atoms with E-state index in [0.29, 0.717) is 15.6 Å². The summed E-state index contributed by atoms with van der Waals surface area (Å²) in [5.41, 5.74) is 2.35. The van der Waals surface area contributed by atoms with E-state index in [1.807, 2.05) is 42.5 Å². The van der Waals surface area contributed by atoms with Crippen LogP contribution in [0.2, 0.25) is 0 Å². The Morgan fingerprint density at radius 2 is 1.77 bits per heavy atom. The van der Waals surface area contributed by atoms with Crippen molar-refractivity contribution in [3.8, 4) is 11.3 Å². The van der Waals surface area contributed by atoms with Crippen LogP contribution in [-0.4, -0.2) is 10.9 Å². The van der Waals surface area contributed by atoms with Crippen molar-refractivity contribution in [1.29, 1.82) is 0 Å². The van der Waals surface area contributed by atoms with Crippen molar-refractivity contribution in [3.63, 3.8) is 0 Å². The third-order valence-corrected chi connectivity index (χ3v) is 5.01. The number of nitrogens with one attached hydrogen (secondary N) is 1. The first-order chi connectivity index (χ1) is 10.6. The summed E-state index contributed by atoms with van der Waals surface area (Å²) in [5, 5.41) is 3.37. The van der Waals surface area contributed by atoms with E-state index >= 15 is 0 Å². The molecule has 0 radical (unpaired) electrons. The number of anilines is 1. The van der Waals surface area contributed by atoms with E-state index in [2.05, 4.69) is 38.9 Å². The third kappa shape index (κ3) is 3.24. The molecule has 2 aromatic carbocycles. The highest BCUT2D eigenvalue weighted by Gasteiger charge is 2.15. The lowest BCUT2D eigenvalue weighted by molar-refractivity contribution is 0.102. The average molecular weight is 391 g/mol. The fourth-order valence-corrected chi connectivity index (χ4v) is 3.71. The van der Waals surface area contributed by atoms with Crippen LogP contribution in [0.1, 0.15) is 10.4 Å². The molecule has 0 saturated heterocycles. The molecule has 0 atom stereocenters. The number of rotatable bonds is 3. The zero-order valence-corrected chi connectivity index (χ0v) is 14.6. The molecule has 3 rings (SSSR count). The normalized spacial score (nSPS) is 10.5. The molecule has 1 aromatic heterocycles. The highest BCUT2D eigenvalue weighted by molar-refractivity contribution is 9.11. The van der Waals surface area contributed by atoms with Crippen molar-refractivity contribution in [3.05, 3.63) is 63.9 Å². The molecular weight excluding hydrogens is 380 g/mol. The Morgan fingerprint density at radius 1 is 1.09 bits per heavy atom. The summed E-state index contributed by atoms with van der Waals surface area (Å²) in [6.45, 7) is 0. The van der Waals surface area contributed by atoms with E-state index in [1.54, 1.807) is 12.1 Å². The number of nitrogens with zero attached hydrogens (tertiary/aromatic N) is 1.